The third kappa shape index (κ3) is 5.30. The number of nitrogens with zero attached hydrogens (tertiary/aromatic N) is 1. The summed E-state index contributed by atoms with van der Waals surface area (Å²) in [7, 11) is 0. The maximum absolute atomic E-state index is 2.74. The van der Waals surface area contributed by atoms with E-state index in [0.29, 0.717) is 0 Å². The van der Waals surface area contributed by atoms with Crippen molar-refractivity contribution in [1.29, 1.82) is 0 Å². The molecule has 1 nitrogen and oxygen atoms in total. The standard InChI is InChI=1S/C18H33N/c1-2-3-4-5-6-7-8-11-14-19-15-17-12-9-10-13-18(17)16-19/h9-10,17-18H,2-8,11-16H2,1H3. The fourth-order valence-corrected chi connectivity index (χ4v) is 3.76. The Morgan fingerprint density at radius 3 is 1.89 bits per heavy atom. The summed E-state index contributed by atoms with van der Waals surface area (Å²) in [6.45, 7) is 6.42. The molecule has 1 heterocycles. The van der Waals surface area contributed by atoms with Crippen LogP contribution >= 0.6 is 0 Å². The largest absolute Gasteiger partial charge is 0.303 e. The molecule has 0 spiro atoms. The van der Waals surface area contributed by atoms with Crippen LogP contribution < -0.4 is 0 Å². The van der Waals surface area contributed by atoms with E-state index in [1.54, 1.807) is 0 Å². The summed E-state index contributed by atoms with van der Waals surface area (Å²) < 4.78 is 0. The van der Waals surface area contributed by atoms with Crippen molar-refractivity contribution < 1.29 is 0 Å². The van der Waals surface area contributed by atoms with Crippen LogP contribution in [0.3, 0.4) is 0 Å². The first-order chi connectivity index (χ1) is 9.40. The minimum absolute atomic E-state index is 0.985. The molecule has 0 aromatic heterocycles. The summed E-state index contributed by atoms with van der Waals surface area (Å²) in [5, 5.41) is 0. The van der Waals surface area contributed by atoms with Gasteiger partial charge in [-0.2, -0.15) is 0 Å². The lowest BCUT2D eigenvalue weighted by Gasteiger charge is -2.18. The minimum atomic E-state index is 0.985. The highest BCUT2D eigenvalue weighted by molar-refractivity contribution is 4.99. The highest BCUT2D eigenvalue weighted by Crippen LogP contribution is 2.32. The number of hydrogen-bond donors (Lipinski definition) is 0. The van der Waals surface area contributed by atoms with Gasteiger partial charge in [0.25, 0.3) is 0 Å². The number of fused-ring (bicyclic) bond motifs is 1. The van der Waals surface area contributed by atoms with Gasteiger partial charge in [-0.05, 0) is 37.6 Å². The second-order valence-corrected chi connectivity index (χ2v) is 6.70. The number of unbranched alkanes of at least 4 members (excludes halogenated alkanes) is 7. The zero-order valence-electron chi connectivity index (χ0n) is 12.9. The smallest absolute Gasteiger partial charge is 0.00160 e. The van der Waals surface area contributed by atoms with Crippen LogP contribution in [0.4, 0.5) is 0 Å². The van der Waals surface area contributed by atoms with Gasteiger partial charge < -0.3 is 4.90 Å². The van der Waals surface area contributed by atoms with Crippen molar-refractivity contribution >= 4 is 0 Å². The monoisotopic (exact) mass is 263 g/mol. The van der Waals surface area contributed by atoms with Crippen LogP contribution in [0.1, 0.15) is 71.1 Å². The summed E-state index contributed by atoms with van der Waals surface area (Å²) >= 11 is 0. The molecule has 2 atom stereocenters. The van der Waals surface area contributed by atoms with Crippen molar-refractivity contribution in [3.63, 3.8) is 0 Å². The molecule has 0 aromatic rings. The molecule has 0 amide bonds. The van der Waals surface area contributed by atoms with Gasteiger partial charge in [0.05, 0.1) is 0 Å². The van der Waals surface area contributed by atoms with Crippen molar-refractivity contribution in [1.82, 2.24) is 4.90 Å². The molecule has 0 radical (unpaired) electrons. The van der Waals surface area contributed by atoms with E-state index in [9.17, 15) is 0 Å². The molecule has 0 bridgehead atoms. The van der Waals surface area contributed by atoms with Crippen molar-refractivity contribution in [3.8, 4) is 0 Å². The molecule has 0 aromatic carbocycles. The van der Waals surface area contributed by atoms with E-state index in [1.165, 1.54) is 83.8 Å². The van der Waals surface area contributed by atoms with Crippen LogP contribution in [0.15, 0.2) is 12.2 Å². The molecule has 1 aliphatic carbocycles. The minimum Gasteiger partial charge on any atom is -0.303 e. The van der Waals surface area contributed by atoms with Gasteiger partial charge in [0.2, 0.25) is 0 Å². The zero-order valence-corrected chi connectivity index (χ0v) is 12.9. The van der Waals surface area contributed by atoms with Gasteiger partial charge in [0.1, 0.15) is 0 Å². The summed E-state index contributed by atoms with van der Waals surface area (Å²) in [4.78, 5) is 2.74. The second-order valence-electron chi connectivity index (χ2n) is 6.70. The number of rotatable bonds is 9. The summed E-state index contributed by atoms with van der Waals surface area (Å²) in [5.41, 5.74) is 0. The molecule has 1 fully saturated rings. The van der Waals surface area contributed by atoms with Gasteiger partial charge >= 0.3 is 0 Å². The molecular weight excluding hydrogens is 230 g/mol. The number of hydrogen-bond acceptors (Lipinski definition) is 1. The maximum atomic E-state index is 2.74. The van der Waals surface area contributed by atoms with E-state index in [2.05, 4.69) is 24.0 Å². The van der Waals surface area contributed by atoms with Gasteiger partial charge in [0, 0.05) is 13.1 Å². The third-order valence-electron chi connectivity index (χ3n) is 5.02. The lowest BCUT2D eigenvalue weighted by Crippen LogP contribution is -2.22. The Bertz CT molecular complexity index is 242. The maximum Gasteiger partial charge on any atom is 0.00160 e. The summed E-state index contributed by atoms with van der Waals surface area (Å²) in [6.07, 6.45) is 19.0. The molecule has 2 rings (SSSR count). The van der Waals surface area contributed by atoms with Crippen LogP contribution in [-0.4, -0.2) is 24.5 Å². The predicted octanol–water partition coefficient (Wildman–Crippen LogP) is 5.03. The first-order valence-corrected chi connectivity index (χ1v) is 8.77. The van der Waals surface area contributed by atoms with Crippen molar-refractivity contribution in [3.05, 3.63) is 12.2 Å². The molecule has 1 aliphatic heterocycles. The zero-order chi connectivity index (χ0) is 13.3. The summed E-state index contributed by atoms with van der Waals surface area (Å²) in [5.74, 6) is 1.97. The van der Waals surface area contributed by atoms with Crippen LogP contribution in [0, 0.1) is 11.8 Å². The van der Waals surface area contributed by atoms with Crippen molar-refractivity contribution in [2.24, 2.45) is 11.8 Å². The molecule has 2 unspecified atom stereocenters. The van der Waals surface area contributed by atoms with Gasteiger partial charge in [-0.3, -0.25) is 0 Å². The average molecular weight is 263 g/mol. The molecule has 0 saturated carbocycles. The van der Waals surface area contributed by atoms with Gasteiger partial charge in [-0.25, -0.2) is 0 Å². The molecule has 2 aliphatic rings. The number of allylic oxidation sites excluding steroid dienone is 2. The molecule has 1 heteroatoms. The quantitative estimate of drug-likeness (QED) is 0.417. The first-order valence-electron chi connectivity index (χ1n) is 8.77. The highest BCUT2D eigenvalue weighted by atomic mass is 15.1. The van der Waals surface area contributed by atoms with Gasteiger partial charge in [-0.15, -0.1) is 0 Å². The van der Waals surface area contributed by atoms with Crippen LogP contribution in [0.5, 0.6) is 0 Å². The first kappa shape index (κ1) is 15.1. The average Bonchev–Trinajstić information content (AvgIpc) is 2.84. The third-order valence-corrected chi connectivity index (χ3v) is 5.02. The molecule has 110 valence electrons. The summed E-state index contributed by atoms with van der Waals surface area (Å²) in [6, 6.07) is 0. The van der Waals surface area contributed by atoms with Crippen LogP contribution in [0.2, 0.25) is 0 Å². The van der Waals surface area contributed by atoms with E-state index in [1.807, 2.05) is 0 Å². The van der Waals surface area contributed by atoms with E-state index in [-0.39, 0.29) is 0 Å². The molecule has 19 heavy (non-hydrogen) atoms. The van der Waals surface area contributed by atoms with E-state index in [4.69, 9.17) is 0 Å². The topological polar surface area (TPSA) is 3.24 Å². The number of likely N-dealkylation sites (tertiary alicyclic amines) is 1. The Morgan fingerprint density at radius 1 is 0.789 bits per heavy atom. The second kappa shape index (κ2) is 8.79. The fraction of sp³-hybridized carbons (Fsp3) is 0.889. The van der Waals surface area contributed by atoms with Crippen molar-refractivity contribution in [2.75, 3.05) is 19.6 Å². The molecule has 1 saturated heterocycles. The molecule has 0 N–H and O–H groups in total. The lowest BCUT2D eigenvalue weighted by atomic mass is 9.86. The lowest BCUT2D eigenvalue weighted by molar-refractivity contribution is 0.312. The van der Waals surface area contributed by atoms with Crippen LogP contribution in [0.25, 0.3) is 0 Å². The van der Waals surface area contributed by atoms with E-state index < -0.39 is 0 Å². The SMILES string of the molecule is CCCCCCCCCCN1CC2CC=CCC2C1. The van der Waals surface area contributed by atoms with E-state index >= 15 is 0 Å². The fourth-order valence-electron chi connectivity index (χ4n) is 3.76. The Balaban J connectivity index is 1.44. The van der Waals surface area contributed by atoms with Crippen molar-refractivity contribution in [2.45, 2.75) is 71.1 Å². The Kier molecular flexibility index (Phi) is 6.98. The Hall–Kier alpha value is -0.300. The Morgan fingerprint density at radius 2 is 1.32 bits per heavy atom. The molecular formula is C18H33N. The Labute approximate surface area is 120 Å². The van der Waals surface area contributed by atoms with Gasteiger partial charge in [-0.1, -0.05) is 64.0 Å². The highest BCUT2D eigenvalue weighted by Gasteiger charge is 2.31. The predicted molar refractivity (Wildman–Crippen MR) is 84.4 cm³/mol. The van der Waals surface area contributed by atoms with Crippen LogP contribution in [-0.2, 0) is 0 Å². The van der Waals surface area contributed by atoms with E-state index in [0.717, 1.165) is 11.8 Å². The van der Waals surface area contributed by atoms with Gasteiger partial charge in [0.15, 0.2) is 0 Å². The normalized spacial score (nSPS) is 26.8.